The van der Waals surface area contributed by atoms with Crippen molar-refractivity contribution in [1.29, 1.82) is 0 Å². The van der Waals surface area contributed by atoms with Gasteiger partial charge in [0.2, 0.25) is 5.91 Å². The molecule has 1 saturated carbocycles. The van der Waals surface area contributed by atoms with Gasteiger partial charge in [0.1, 0.15) is 0 Å². The first kappa shape index (κ1) is 15.2. The van der Waals surface area contributed by atoms with Crippen molar-refractivity contribution in [1.82, 2.24) is 10.2 Å². The number of hydrogen-bond acceptors (Lipinski definition) is 5. The van der Waals surface area contributed by atoms with E-state index in [-0.39, 0.29) is 36.9 Å². The normalized spacial score (nSPS) is 25.4. The van der Waals surface area contributed by atoms with Gasteiger partial charge in [0, 0.05) is 6.54 Å². The number of hydrogen-bond donors (Lipinski definition) is 2. The molecule has 2 N–H and O–H groups in total. The number of nitrogens with one attached hydrogen (secondary N) is 1. The molecule has 0 aromatic heterocycles. The van der Waals surface area contributed by atoms with Gasteiger partial charge in [-0.25, -0.2) is 8.42 Å². The zero-order chi connectivity index (χ0) is 14.8. The molecule has 114 valence electrons. The summed E-state index contributed by atoms with van der Waals surface area (Å²) < 4.78 is 23.2. The minimum Gasteiger partial charge on any atom is -0.481 e. The molecule has 1 heterocycles. The van der Waals surface area contributed by atoms with Crippen molar-refractivity contribution in [3.63, 3.8) is 0 Å². The lowest BCUT2D eigenvalue weighted by Crippen LogP contribution is -2.54. The largest absolute Gasteiger partial charge is 0.481 e. The van der Waals surface area contributed by atoms with Crippen molar-refractivity contribution in [2.75, 3.05) is 31.1 Å². The molecule has 7 nitrogen and oxygen atoms in total. The standard InChI is InChI=1S/C12H20N2O5S/c15-11(7-13-6-9-1-2-9)14-3-4-20(18,19)8-10(14)5-12(16)17/h9-10,13H,1-8H2,(H,16,17). The van der Waals surface area contributed by atoms with Gasteiger partial charge >= 0.3 is 5.97 Å². The average molecular weight is 304 g/mol. The molecule has 0 aromatic carbocycles. The second-order valence-corrected chi connectivity index (χ2v) is 7.76. The molecule has 1 aliphatic heterocycles. The fourth-order valence-electron chi connectivity index (χ4n) is 2.39. The highest BCUT2D eigenvalue weighted by atomic mass is 32.2. The number of carboxylic acid groups (broad SMARTS) is 1. The summed E-state index contributed by atoms with van der Waals surface area (Å²) in [6, 6.07) is -0.749. The molecule has 0 spiro atoms. The van der Waals surface area contributed by atoms with E-state index in [9.17, 15) is 18.0 Å². The van der Waals surface area contributed by atoms with Crippen LogP contribution in [0, 0.1) is 5.92 Å². The zero-order valence-electron chi connectivity index (χ0n) is 11.2. The van der Waals surface area contributed by atoms with Crippen molar-refractivity contribution >= 4 is 21.7 Å². The molecule has 1 aliphatic carbocycles. The number of aliphatic carboxylic acids is 1. The molecule has 8 heteroatoms. The molecule has 1 atom stereocenters. The average Bonchev–Trinajstić information content (AvgIpc) is 3.11. The Morgan fingerprint density at radius 2 is 2.00 bits per heavy atom. The fraction of sp³-hybridized carbons (Fsp3) is 0.833. The Bertz CT molecular complexity index is 486. The minimum absolute atomic E-state index is 0.0858. The second-order valence-electron chi connectivity index (χ2n) is 5.53. The van der Waals surface area contributed by atoms with E-state index in [1.165, 1.54) is 17.7 Å². The summed E-state index contributed by atoms with van der Waals surface area (Å²) in [4.78, 5) is 24.3. The van der Waals surface area contributed by atoms with Crippen molar-refractivity contribution in [3.8, 4) is 0 Å². The number of sulfone groups is 1. The minimum atomic E-state index is -3.25. The number of carbonyl (C=O) groups excluding carboxylic acids is 1. The van der Waals surface area contributed by atoms with E-state index >= 15 is 0 Å². The number of carbonyl (C=O) groups is 2. The van der Waals surface area contributed by atoms with E-state index in [0.29, 0.717) is 5.92 Å². The van der Waals surface area contributed by atoms with Crippen molar-refractivity contribution in [3.05, 3.63) is 0 Å². The number of carboxylic acids is 1. The molecule has 0 aromatic rings. The van der Waals surface area contributed by atoms with Gasteiger partial charge < -0.3 is 15.3 Å². The first-order valence-electron chi connectivity index (χ1n) is 6.80. The van der Waals surface area contributed by atoms with E-state index in [1.807, 2.05) is 0 Å². The van der Waals surface area contributed by atoms with Crippen LogP contribution in [0.3, 0.4) is 0 Å². The summed E-state index contributed by atoms with van der Waals surface area (Å²) in [5.74, 6) is -0.993. The van der Waals surface area contributed by atoms with Crippen LogP contribution < -0.4 is 5.32 Å². The summed E-state index contributed by atoms with van der Waals surface area (Å²) in [7, 11) is -3.25. The molecule has 0 radical (unpaired) electrons. The van der Waals surface area contributed by atoms with Crippen LogP contribution in [0.15, 0.2) is 0 Å². The van der Waals surface area contributed by atoms with Crippen LogP contribution in [0.1, 0.15) is 19.3 Å². The summed E-state index contributed by atoms with van der Waals surface area (Å²) in [6.45, 7) is 1.03. The van der Waals surface area contributed by atoms with Gasteiger partial charge in [-0.15, -0.1) is 0 Å². The molecule has 1 saturated heterocycles. The molecule has 0 bridgehead atoms. The Morgan fingerprint density at radius 3 is 2.60 bits per heavy atom. The highest BCUT2D eigenvalue weighted by Crippen LogP contribution is 2.27. The van der Waals surface area contributed by atoms with E-state index in [0.717, 1.165) is 6.54 Å². The lowest BCUT2D eigenvalue weighted by atomic mass is 10.2. The van der Waals surface area contributed by atoms with E-state index < -0.39 is 21.8 Å². The van der Waals surface area contributed by atoms with Crippen molar-refractivity contribution in [2.24, 2.45) is 5.92 Å². The highest BCUT2D eigenvalue weighted by Gasteiger charge is 2.35. The third kappa shape index (κ3) is 4.45. The SMILES string of the molecule is O=C(O)CC1CS(=O)(=O)CCN1C(=O)CNCC1CC1. The van der Waals surface area contributed by atoms with Crippen LogP contribution >= 0.6 is 0 Å². The van der Waals surface area contributed by atoms with Gasteiger partial charge in [-0.2, -0.15) is 0 Å². The molecule has 20 heavy (non-hydrogen) atoms. The highest BCUT2D eigenvalue weighted by molar-refractivity contribution is 7.91. The number of amides is 1. The van der Waals surface area contributed by atoms with E-state index in [2.05, 4.69) is 5.32 Å². The Kier molecular flexibility index (Phi) is 4.64. The Labute approximate surface area is 118 Å². The summed E-state index contributed by atoms with van der Waals surface area (Å²) in [5.41, 5.74) is 0. The maximum atomic E-state index is 12.1. The Balaban J connectivity index is 1.91. The summed E-state index contributed by atoms with van der Waals surface area (Å²) in [6.07, 6.45) is 2.04. The van der Waals surface area contributed by atoms with Gasteiger partial charge in [-0.05, 0) is 25.3 Å². The van der Waals surface area contributed by atoms with Crippen LogP contribution in [0.4, 0.5) is 0 Å². The van der Waals surface area contributed by atoms with Crippen LogP contribution in [-0.2, 0) is 19.4 Å². The summed E-state index contributed by atoms with van der Waals surface area (Å²) >= 11 is 0. The van der Waals surface area contributed by atoms with Crippen LogP contribution in [0.2, 0.25) is 0 Å². The number of nitrogens with zero attached hydrogens (tertiary/aromatic N) is 1. The molecular weight excluding hydrogens is 284 g/mol. The maximum Gasteiger partial charge on any atom is 0.305 e. The smallest absolute Gasteiger partial charge is 0.305 e. The van der Waals surface area contributed by atoms with Gasteiger partial charge in [-0.1, -0.05) is 0 Å². The van der Waals surface area contributed by atoms with Crippen LogP contribution in [0.5, 0.6) is 0 Å². The predicted molar refractivity (Wildman–Crippen MR) is 72.0 cm³/mol. The molecule has 2 fully saturated rings. The third-order valence-electron chi connectivity index (χ3n) is 3.67. The quantitative estimate of drug-likeness (QED) is 0.658. The van der Waals surface area contributed by atoms with Crippen molar-refractivity contribution < 1.29 is 23.1 Å². The van der Waals surface area contributed by atoms with Gasteiger partial charge in [0.15, 0.2) is 9.84 Å². The zero-order valence-corrected chi connectivity index (χ0v) is 12.1. The molecule has 1 unspecified atom stereocenters. The monoisotopic (exact) mass is 304 g/mol. The lowest BCUT2D eigenvalue weighted by molar-refractivity contribution is -0.140. The first-order chi connectivity index (χ1) is 9.37. The lowest BCUT2D eigenvalue weighted by Gasteiger charge is -2.34. The molecule has 2 aliphatic rings. The van der Waals surface area contributed by atoms with E-state index in [4.69, 9.17) is 5.11 Å². The predicted octanol–water partition coefficient (Wildman–Crippen LogP) is -0.914. The van der Waals surface area contributed by atoms with E-state index in [1.54, 1.807) is 0 Å². The van der Waals surface area contributed by atoms with Gasteiger partial charge in [0.05, 0.1) is 30.5 Å². The third-order valence-corrected chi connectivity index (χ3v) is 5.36. The molecular formula is C12H20N2O5S. The summed E-state index contributed by atoms with van der Waals surface area (Å²) in [5, 5.41) is 11.9. The molecule has 1 amide bonds. The topological polar surface area (TPSA) is 104 Å². The van der Waals surface area contributed by atoms with Gasteiger partial charge in [0.25, 0.3) is 0 Å². The fourth-order valence-corrected chi connectivity index (χ4v) is 3.92. The first-order valence-corrected chi connectivity index (χ1v) is 8.62. The Morgan fingerprint density at radius 1 is 1.30 bits per heavy atom. The second kappa shape index (κ2) is 6.09. The molecule has 2 rings (SSSR count). The Hall–Kier alpha value is -1.15. The number of rotatable bonds is 6. The van der Waals surface area contributed by atoms with Crippen LogP contribution in [0.25, 0.3) is 0 Å². The van der Waals surface area contributed by atoms with Gasteiger partial charge in [-0.3, -0.25) is 9.59 Å². The van der Waals surface area contributed by atoms with Crippen LogP contribution in [-0.4, -0.2) is 67.5 Å². The van der Waals surface area contributed by atoms with Crippen molar-refractivity contribution in [2.45, 2.75) is 25.3 Å². The maximum absolute atomic E-state index is 12.1.